The number of benzene rings is 4. The fraction of sp³-hybridized carbons (Fsp3) is 0.368. The van der Waals surface area contributed by atoms with E-state index >= 15 is 0 Å². The molecule has 0 aliphatic heterocycles. The smallest absolute Gasteiger partial charge is 0.339 e. The molecule has 0 fully saturated rings. The van der Waals surface area contributed by atoms with E-state index in [1.165, 1.54) is 6.08 Å². The van der Waals surface area contributed by atoms with Gasteiger partial charge in [0.1, 0.15) is 0 Å². The van der Waals surface area contributed by atoms with Crippen molar-refractivity contribution in [2.45, 2.75) is 38.5 Å². The molecule has 0 heterocycles. The fourth-order valence-electron chi connectivity index (χ4n) is 5.49. The first kappa shape index (κ1) is 34.3. The van der Waals surface area contributed by atoms with E-state index in [0.717, 1.165) is 78.7 Å². The van der Waals surface area contributed by atoms with E-state index in [2.05, 4.69) is 18.0 Å². The van der Waals surface area contributed by atoms with Gasteiger partial charge in [0, 0.05) is 6.08 Å². The number of fused-ring (bicyclic) bond motifs is 2. The Hall–Kier alpha value is -4.56. The molecule has 0 saturated carbocycles. The van der Waals surface area contributed by atoms with Gasteiger partial charge in [0.25, 0.3) is 0 Å². The lowest BCUT2D eigenvalue weighted by Crippen LogP contribution is -2.21. The minimum absolute atomic E-state index is 0.259. The maximum Gasteiger partial charge on any atom is 0.339 e. The van der Waals surface area contributed by atoms with Crippen LogP contribution in [0, 0.1) is 0 Å². The lowest BCUT2D eigenvalue weighted by molar-refractivity contribution is -0.137. The SMILES string of the molecule is COc1cc(/C=C/C(=O)OCCCCCN(C)CCCCCOC(=O)c2c3ccccc3cc3ccccc23)cc(OC)c1OC. The van der Waals surface area contributed by atoms with Crippen molar-refractivity contribution >= 4 is 39.6 Å². The number of esters is 2. The molecular formula is C38H45NO7. The highest BCUT2D eigenvalue weighted by molar-refractivity contribution is 6.16. The molecule has 8 heteroatoms. The van der Waals surface area contributed by atoms with Gasteiger partial charge in [0.15, 0.2) is 11.5 Å². The molecule has 0 amide bonds. The fourth-order valence-corrected chi connectivity index (χ4v) is 5.49. The Morgan fingerprint density at radius 3 is 1.76 bits per heavy atom. The Bertz CT molecular complexity index is 1550. The molecule has 4 aromatic carbocycles. The zero-order chi connectivity index (χ0) is 32.7. The molecule has 4 rings (SSSR count). The molecular weight excluding hydrogens is 582 g/mol. The molecule has 0 bridgehead atoms. The van der Waals surface area contributed by atoms with Crippen molar-refractivity contribution in [3.8, 4) is 17.2 Å². The first-order valence-electron chi connectivity index (χ1n) is 15.9. The van der Waals surface area contributed by atoms with Gasteiger partial charge in [-0.3, -0.25) is 0 Å². The zero-order valence-electron chi connectivity index (χ0n) is 27.4. The summed E-state index contributed by atoms with van der Waals surface area (Å²) in [5, 5.41) is 3.93. The van der Waals surface area contributed by atoms with Gasteiger partial charge < -0.3 is 28.6 Å². The van der Waals surface area contributed by atoms with Crippen molar-refractivity contribution in [3.63, 3.8) is 0 Å². The van der Waals surface area contributed by atoms with Crippen molar-refractivity contribution in [1.29, 1.82) is 0 Å². The monoisotopic (exact) mass is 627 g/mol. The highest BCUT2D eigenvalue weighted by atomic mass is 16.5. The lowest BCUT2D eigenvalue weighted by Gasteiger charge is -2.16. The average molecular weight is 628 g/mol. The van der Waals surface area contributed by atoms with Crippen molar-refractivity contribution in [2.75, 3.05) is 54.7 Å². The van der Waals surface area contributed by atoms with E-state index in [1.54, 1.807) is 39.5 Å². The van der Waals surface area contributed by atoms with E-state index in [-0.39, 0.29) is 11.9 Å². The third-order valence-electron chi connectivity index (χ3n) is 7.92. The Morgan fingerprint density at radius 2 is 1.22 bits per heavy atom. The molecule has 0 spiro atoms. The van der Waals surface area contributed by atoms with Crippen LogP contribution in [0.5, 0.6) is 17.2 Å². The van der Waals surface area contributed by atoms with Gasteiger partial charge in [0.05, 0.1) is 40.1 Å². The summed E-state index contributed by atoms with van der Waals surface area (Å²) in [5.74, 6) is 0.895. The number of nitrogens with zero attached hydrogens (tertiary/aromatic N) is 1. The summed E-state index contributed by atoms with van der Waals surface area (Å²) in [7, 11) is 6.77. The van der Waals surface area contributed by atoms with Crippen LogP contribution in [0.2, 0.25) is 0 Å². The molecule has 0 aliphatic carbocycles. The zero-order valence-corrected chi connectivity index (χ0v) is 27.4. The summed E-state index contributed by atoms with van der Waals surface area (Å²) in [6.45, 7) is 2.77. The van der Waals surface area contributed by atoms with Gasteiger partial charge >= 0.3 is 11.9 Å². The molecule has 0 N–H and O–H groups in total. The van der Waals surface area contributed by atoms with Crippen LogP contribution < -0.4 is 14.2 Å². The number of methoxy groups -OCH3 is 3. The van der Waals surface area contributed by atoms with Gasteiger partial charge in [-0.25, -0.2) is 9.59 Å². The molecule has 0 atom stereocenters. The van der Waals surface area contributed by atoms with E-state index < -0.39 is 0 Å². The summed E-state index contributed by atoms with van der Waals surface area (Å²) in [6, 6.07) is 21.6. The topological polar surface area (TPSA) is 83.5 Å². The van der Waals surface area contributed by atoms with Crippen molar-refractivity contribution in [2.24, 2.45) is 0 Å². The van der Waals surface area contributed by atoms with Crippen LogP contribution >= 0.6 is 0 Å². The van der Waals surface area contributed by atoms with Crippen LogP contribution in [-0.4, -0.2) is 71.5 Å². The molecule has 4 aromatic rings. The Labute approximate surface area is 271 Å². The molecule has 46 heavy (non-hydrogen) atoms. The number of ether oxygens (including phenoxy) is 5. The number of carbonyl (C=O) groups is 2. The van der Waals surface area contributed by atoms with E-state index in [0.29, 0.717) is 36.0 Å². The molecule has 244 valence electrons. The van der Waals surface area contributed by atoms with E-state index in [1.807, 2.05) is 48.5 Å². The van der Waals surface area contributed by atoms with Crippen LogP contribution in [0.4, 0.5) is 0 Å². The van der Waals surface area contributed by atoms with Crippen molar-refractivity contribution < 1.29 is 33.3 Å². The summed E-state index contributed by atoms with van der Waals surface area (Å²) in [5.41, 5.74) is 1.39. The molecule has 0 radical (unpaired) electrons. The van der Waals surface area contributed by atoms with Crippen LogP contribution in [0.3, 0.4) is 0 Å². The molecule has 8 nitrogen and oxygen atoms in total. The third kappa shape index (κ3) is 9.47. The number of hydrogen-bond acceptors (Lipinski definition) is 8. The minimum Gasteiger partial charge on any atom is -0.493 e. The van der Waals surface area contributed by atoms with E-state index in [4.69, 9.17) is 23.7 Å². The second-order valence-electron chi connectivity index (χ2n) is 11.2. The maximum absolute atomic E-state index is 13.1. The van der Waals surface area contributed by atoms with Gasteiger partial charge in [-0.1, -0.05) is 48.5 Å². The molecule has 0 unspecified atom stereocenters. The van der Waals surface area contributed by atoms with Crippen molar-refractivity contribution in [3.05, 3.63) is 83.9 Å². The van der Waals surface area contributed by atoms with Gasteiger partial charge in [-0.05, 0) is 110 Å². The van der Waals surface area contributed by atoms with Crippen LogP contribution in [0.25, 0.3) is 27.6 Å². The number of unbranched alkanes of at least 4 members (excludes halogenated alkanes) is 4. The second-order valence-corrected chi connectivity index (χ2v) is 11.2. The quantitative estimate of drug-likeness (QED) is 0.0480. The summed E-state index contributed by atoms with van der Waals surface area (Å²) >= 11 is 0. The first-order valence-corrected chi connectivity index (χ1v) is 15.9. The predicted molar refractivity (Wildman–Crippen MR) is 183 cm³/mol. The number of hydrogen-bond donors (Lipinski definition) is 0. The molecule has 0 aliphatic rings. The highest BCUT2D eigenvalue weighted by Crippen LogP contribution is 2.38. The summed E-state index contributed by atoms with van der Waals surface area (Å²) in [6.07, 6.45) is 8.77. The van der Waals surface area contributed by atoms with Gasteiger partial charge in [0.2, 0.25) is 5.75 Å². The molecule has 0 saturated heterocycles. The minimum atomic E-state index is -0.387. The van der Waals surface area contributed by atoms with Crippen LogP contribution in [-0.2, 0) is 14.3 Å². The summed E-state index contributed by atoms with van der Waals surface area (Å²) < 4.78 is 27.1. The van der Waals surface area contributed by atoms with Gasteiger partial charge in [-0.15, -0.1) is 0 Å². The Kier molecular flexibility index (Phi) is 13.3. The Morgan fingerprint density at radius 1 is 0.674 bits per heavy atom. The largest absolute Gasteiger partial charge is 0.493 e. The van der Waals surface area contributed by atoms with E-state index in [9.17, 15) is 9.59 Å². The second kappa shape index (κ2) is 17.8. The van der Waals surface area contributed by atoms with Crippen LogP contribution in [0.1, 0.15) is 54.4 Å². The first-order chi connectivity index (χ1) is 22.4. The maximum atomic E-state index is 13.1. The lowest BCUT2D eigenvalue weighted by atomic mass is 9.97. The average Bonchev–Trinajstić information content (AvgIpc) is 3.08. The summed E-state index contributed by atoms with van der Waals surface area (Å²) in [4.78, 5) is 27.6. The Balaban J connectivity index is 1.07. The van der Waals surface area contributed by atoms with Crippen LogP contribution in [0.15, 0.2) is 72.8 Å². The standard InChI is InChI=1S/C38H45NO7/c1-39(21-11-5-13-23-45-35(40)20-19-28-25-33(42-2)37(44-4)34(26-28)43-3)22-12-6-14-24-46-38(41)36-31-17-9-7-15-29(31)27-30-16-8-10-18-32(30)36/h7-10,15-20,25-27H,5-6,11-14,21-24H2,1-4H3/b20-19+. The number of carbonyl (C=O) groups excluding carboxylic acids is 2. The third-order valence-corrected chi connectivity index (χ3v) is 7.92. The normalized spacial score (nSPS) is 11.3. The predicted octanol–water partition coefficient (Wildman–Crippen LogP) is 7.70. The van der Waals surface area contributed by atoms with Gasteiger partial charge in [-0.2, -0.15) is 0 Å². The highest BCUT2D eigenvalue weighted by Gasteiger charge is 2.16. The van der Waals surface area contributed by atoms with Crippen molar-refractivity contribution in [1.82, 2.24) is 4.90 Å². The molecule has 0 aromatic heterocycles. The number of rotatable bonds is 18.